The highest BCUT2D eigenvalue weighted by atomic mass is 19.3. The molecule has 0 saturated carbocycles. The lowest BCUT2D eigenvalue weighted by atomic mass is 9.98. The second-order valence-corrected chi connectivity index (χ2v) is 7.62. The molecule has 1 heterocycles. The molecule has 0 N–H and O–H groups in total. The first-order valence-corrected chi connectivity index (χ1v) is 9.44. The van der Waals surface area contributed by atoms with Crippen molar-refractivity contribution >= 4 is 10.9 Å². The molecule has 2 nitrogen and oxygen atoms in total. The number of pyridine rings is 1. The fourth-order valence-electron chi connectivity index (χ4n) is 3.49. The molecule has 1 aromatic heterocycles. The summed E-state index contributed by atoms with van der Waals surface area (Å²) in [6.45, 7) is 6.68. The maximum absolute atomic E-state index is 13.7. The predicted molar refractivity (Wildman–Crippen MR) is 106 cm³/mol. The van der Waals surface area contributed by atoms with Gasteiger partial charge >= 0.3 is 0 Å². The normalized spacial score (nSPS) is 12.7. The van der Waals surface area contributed by atoms with Gasteiger partial charge in [-0.05, 0) is 65.8 Å². The molecule has 0 aliphatic rings. The zero-order valence-corrected chi connectivity index (χ0v) is 16.3. The third-order valence-electron chi connectivity index (χ3n) is 4.66. The molecule has 3 rings (SSSR count). The molecule has 0 spiro atoms. The summed E-state index contributed by atoms with van der Waals surface area (Å²) in [4.78, 5) is 4.22. The number of aromatic nitrogens is 1. The highest BCUT2D eigenvalue weighted by molar-refractivity contribution is 5.94. The van der Waals surface area contributed by atoms with Crippen molar-refractivity contribution in [2.24, 2.45) is 11.8 Å². The van der Waals surface area contributed by atoms with Crippen LogP contribution in [0.5, 0.6) is 5.75 Å². The molecule has 28 heavy (non-hydrogen) atoms. The van der Waals surface area contributed by atoms with Gasteiger partial charge in [0.1, 0.15) is 11.6 Å². The van der Waals surface area contributed by atoms with Crippen molar-refractivity contribution in [2.75, 3.05) is 6.61 Å². The summed E-state index contributed by atoms with van der Waals surface area (Å²) in [6, 6.07) is 10.7. The summed E-state index contributed by atoms with van der Waals surface area (Å²) in [5.74, 6) is 0.599. The van der Waals surface area contributed by atoms with Crippen LogP contribution in [-0.4, -0.2) is 11.6 Å². The highest BCUT2D eigenvalue weighted by Crippen LogP contribution is 2.36. The number of hydrogen-bond donors (Lipinski definition) is 0. The van der Waals surface area contributed by atoms with Crippen molar-refractivity contribution in [1.82, 2.24) is 4.98 Å². The maximum Gasteiger partial charge on any atom is 0.267 e. The Morgan fingerprint density at radius 3 is 2.50 bits per heavy atom. The van der Waals surface area contributed by atoms with Crippen molar-refractivity contribution < 1.29 is 17.9 Å². The second kappa shape index (κ2) is 8.63. The zero-order chi connectivity index (χ0) is 20.3. The Labute approximate surface area is 163 Å². The van der Waals surface area contributed by atoms with E-state index in [-0.39, 0.29) is 17.2 Å². The van der Waals surface area contributed by atoms with Crippen LogP contribution in [0.1, 0.15) is 39.2 Å². The van der Waals surface area contributed by atoms with Crippen LogP contribution in [-0.2, 0) is 0 Å². The number of halogens is 3. The number of hydrogen-bond acceptors (Lipinski definition) is 2. The molecule has 3 aromatic rings. The van der Waals surface area contributed by atoms with Gasteiger partial charge in [0, 0.05) is 11.6 Å². The van der Waals surface area contributed by atoms with Gasteiger partial charge in [0.05, 0.1) is 17.7 Å². The van der Waals surface area contributed by atoms with E-state index in [1.807, 2.05) is 6.92 Å². The largest absolute Gasteiger partial charge is 0.493 e. The van der Waals surface area contributed by atoms with Crippen LogP contribution >= 0.6 is 0 Å². The molecule has 2 aromatic carbocycles. The molecule has 0 aliphatic carbocycles. The van der Waals surface area contributed by atoms with Crippen LogP contribution in [0.25, 0.3) is 22.0 Å². The Morgan fingerprint density at radius 2 is 1.79 bits per heavy atom. The number of nitrogens with zero attached hydrogens (tertiary/aromatic N) is 1. The minimum atomic E-state index is -2.67. The lowest BCUT2D eigenvalue weighted by Crippen LogP contribution is -2.12. The van der Waals surface area contributed by atoms with E-state index in [0.717, 1.165) is 6.42 Å². The van der Waals surface area contributed by atoms with E-state index in [1.165, 1.54) is 18.2 Å². The van der Waals surface area contributed by atoms with Gasteiger partial charge in [0.2, 0.25) is 0 Å². The van der Waals surface area contributed by atoms with Crippen LogP contribution in [0.3, 0.4) is 0 Å². The van der Waals surface area contributed by atoms with E-state index in [9.17, 15) is 13.2 Å². The third kappa shape index (κ3) is 4.64. The van der Waals surface area contributed by atoms with Crippen LogP contribution < -0.4 is 4.74 Å². The first kappa shape index (κ1) is 20.2. The fraction of sp³-hybridized carbons (Fsp3) is 0.348. The molecular formula is C23H24F3NO. The summed E-state index contributed by atoms with van der Waals surface area (Å²) < 4.78 is 46.8. The molecule has 0 bridgehead atoms. The first-order valence-electron chi connectivity index (χ1n) is 9.44. The highest BCUT2D eigenvalue weighted by Gasteiger charge is 2.18. The fourth-order valence-corrected chi connectivity index (χ4v) is 3.49. The van der Waals surface area contributed by atoms with Gasteiger partial charge in [0.25, 0.3) is 6.43 Å². The van der Waals surface area contributed by atoms with E-state index in [0.29, 0.717) is 34.6 Å². The second-order valence-electron chi connectivity index (χ2n) is 7.62. The quantitative estimate of drug-likeness (QED) is 0.434. The Morgan fingerprint density at radius 1 is 1.00 bits per heavy atom. The molecule has 5 heteroatoms. The molecule has 1 atom stereocenters. The van der Waals surface area contributed by atoms with Crippen molar-refractivity contribution in [3.63, 3.8) is 0 Å². The Balaban J connectivity index is 1.94. The van der Waals surface area contributed by atoms with E-state index in [1.54, 1.807) is 30.5 Å². The lowest BCUT2D eigenvalue weighted by molar-refractivity contribution is 0.142. The molecule has 0 amide bonds. The molecule has 0 radical (unpaired) electrons. The van der Waals surface area contributed by atoms with E-state index >= 15 is 0 Å². The van der Waals surface area contributed by atoms with Crippen molar-refractivity contribution in [3.05, 3.63) is 60.0 Å². The zero-order valence-electron chi connectivity index (χ0n) is 16.3. The first-order chi connectivity index (χ1) is 13.3. The average molecular weight is 387 g/mol. The number of ether oxygens (including phenoxy) is 1. The summed E-state index contributed by atoms with van der Waals surface area (Å²) in [5.41, 5.74) is 1.69. The standard InChI is InChI=1S/C23H24F3NO/c1-14(2)10-15(3)13-28-22-7-4-16(11-20(22)23(25)26)18-8-9-27-21-6-5-17(24)12-19(18)21/h4-9,11-12,14-15,23H,10,13H2,1-3H3. The number of fused-ring (bicyclic) bond motifs is 1. The summed E-state index contributed by atoms with van der Waals surface area (Å²) in [5, 5.41) is 0.585. The minimum absolute atomic E-state index is 0.157. The topological polar surface area (TPSA) is 22.1 Å². The van der Waals surface area contributed by atoms with Gasteiger partial charge in [-0.3, -0.25) is 4.98 Å². The monoisotopic (exact) mass is 387 g/mol. The number of benzene rings is 2. The van der Waals surface area contributed by atoms with Gasteiger partial charge < -0.3 is 4.74 Å². The van der Waals surface area contributed by atoms with Crippen molar-refractivity contribution in [1.29, 1.82) is 0 Å². The minimum Gasteiger partial charge on any atom is -0.493 e. The molecule has 0 fully saturated rings. The van der Waals surface area contributed by atoms with E-state index < -0.39 is 12.2 Å². The molecular weight excluding hydrogens is 363 g/mol. The van der Waals surface area contributed by atoms with E-state index in [2.05, 4.69) is 18.8 Å². The summed E-state index contributed by atoms with van der Waals surface area (Å²) in [7, 11) is 0. The average Bonchev–Trinajstić information content (AvgIpc) is 2.65. The molecule has 0 aliphatic heterocycles. The maximum atomic E-state index is 13.7. The van der Waals surface area contributed by atoms with Gasteiger partial charge in [-0.1, -0.05) is 26.8 Å². The smallest absolute Gasteiger partial charge is 0.267 e. The van der Waals surface area contributed by atoms with Gasteiger partial charge in [-0.15, -0.1) is 0 Å². The van der Waals surface area contributed by atoms with E-state index in [4.69, 9.17) is 4.74 Å². The molecule has 148 valence electrons. The Bertz CT molecular complexity index is 956. The number of rotatable bonds is 7. The summed E-state index contributed by atoms with van der Waals surface area (Å²) in [6.07, 6.45) is -0.105. The summed E-state index contributed by atoms with van der Waals surface area (Å²) >= 11 is 0. The van der Waals surface area contributed by atoms with Crippen LogP contribution in [0.4, 0.5) is 13.2 Å². The van der Waals surface area contributed by atoms with Gasteiger partial charge in [-0.25, -0.2) is 13.2 Å². The molecule has 1 unspecified atom stereocenters. The van der Waals surface area contributed by atoms with Gasteiger partial charge in [-0.2, -0.15) is 0 Å². The van der Waals surface area contributed by atoms with Crippen LogP contribution in [0, 0.1) is 17.7 Å². The predicted octanol–water partition coefficient (Wildman–Crippen LogP) is 7.04. The van der Waals surface area contributed by atoms with Crippen LogP contribution in [0.15, 0.2) is 48.7 Å². The SMILES string of the molecule is CC(C)CC(C)COc1ccc(-c2ccnc3ccc(F)cc23)cc1C(F)F. The lowest BCUT2D eigenvalue weighted by Gasteiger charge is -2.18. The van der Waals surface area contributed by atoms with Crippen molar-refractivity contribution in [3.8, 4) is 16.9 Å². The molecule has 0 saturated heterocycles. The Hall–Kier alpha value is -2.56. The number of alkyl halides is 2. The van der Waals surface area contributed by atoms with Crippen LogP contribution in [0.2, 0.25) is 0 Å². The third-order valence-corrected chi connectivity index (χ3v) is 4.66. The Kier molecular flexibility index (Phi) is 6.22. The van der Waals surface area contributed by atoms with Crippen molar-refractivity contribution in [2.45, 2.75) is 33.6 Å². The van der Waals surface area contributed by atoms with Gasteiger partial charge in [0.15, 0.2) is 0 Å².